The summed E-state index contributed by atoms with van der Waals surface area (Å²) in [6.45, 7) is 0. The second-order valence-corrected chi connectivity index (χ2v) is 3.68. The molecule has 2 atom stereocenters. The summed E-state index contributed by atoms with van der Waals surface area (Å²) in [6.07, 6.45) is 0.302. The Bertz CT molecular complexity index is 295. The van der Waals surface area contributed by atoms with Crippen LogP contribution in [0.4, 0.5) is 0 Å². The zero-order valence-electron chi connectivity index (χ0n) is 8.03. The van der Waals surface area contributed by atoms with Gasteiger partial charge >= 0.3 is 0 Å². The van der Waals surface area contributed by atoms with E-state index in [1.54, 1.807) is 0 Å². The van der Waals surface area contributed by atoms with E-state index < -0.39 is 18.0 Å². The van der Waals surface area contributed by atoms with Gasteiger partial charge in [0.15, 0.2) is 0 Å². The molecule has 3 amide bonds. The number of piperazine rings is 1. The van der Waals surface area contributed by atoms with Gasteiger partial charge in [0.1, 0.15) is 12.1 Å². The third-order valence-electron chi connectivity index (χ3n) is 2.13. The highest BCUT2D eigenvalue weighted by atomic mass is 32.1. The summed E-state index contributed by atoms with van der Waals surface area (Å²) >= 11 is 3.93. The molecule has 15 heavy (non-hydrogen) atoms. The molecule has 0 aromatic heterocycles. The van der Waals surface area contributed by atoms with Gasteiger partial charge < -0.3 is 16.4 Å². The van der Waals surface area contributed by atoms with Gasteiger partial charge in [-0.2, -0.15) is 12.6 Å². The van der Waals surface area contributed by atoms with Crippen LogP contribution in [0.15, 0.2) is 0 Å². The Labute approximate surface area is 92.4 Å². The molecule has 0 radical (unpaired) electrons. The molecule has 0 aliphatic carbocycles. The van der Waals surface area contributed by atoms with E-state index in [2.05, 4.69) is 23.3 Å². The van der Waals surface area contributed by atoms with E-state index in [9.17, 15) is 14.4 Å². The Balaban J connectivity index is 2.51. The lowest BCUT2D eigenvalue weighted by Gasteiger charge is -2.28. The van der Waals surface area contributed by atoms with Crippen molar-refractivity contribution in [1.82, 2.24) is 10.6 Å². The molecule has 1 aliphatic rings. The van der Waals surface area contributed by atoms with Crippen molar-refractivity contribution in [3.8, 4) is 0 Å². The van der Waals surface area contributed by atoms with Crippen LogP contribution in [0.3, 0.4) is 0 Å². The van der Waals surface area contributed by atoms with Gasteiger partial charge in [0, 0.05) is 12.2 Å². The van der Waals surface area contributed by atoms with Crippen LogP contribution in [0.5, 0.6) is 0 Å². The van der Waals surface area contributed by atoms with Crippen LogP contribution in [0.2, 0.25) is 0 Å². The first-order valence-electron chi connectivity index (χ1n) is 4.54. The summed E-state index contributed by atoms with van der Waals surface area (Å²) in [6, 6.07) is -1.26. The third-order valence-corrected chi connectivity index (χ3v) is 2.49. The molecule has 1 heterocycles. The summed E-state index contributed by atoms with van der Waals surface area (Å²) in [7, 11) is 0. The van der Waals surface area contributed by atoms with Crippen LogP contribution in [-0.2, 0) is 14.4 Å². The molecule has 7 heteroatoms. The van der Waals surface area contributed by atoms with Crippen LogP contribution in [0, 0.1) is 0 Å². The quantitative estimate of drug-likeness (QED) is 0.428. The highest BCUT2D eigenvalue weighted by Crippen LogP contribution is 2.04. The first-order chi connectivity index (χ1) is 7.04. The van der Waals surface area contributed by atoms with Gasteiger partial charge in [-0.05, 0) is 6.42 Å². The lowest BCUT2D eigenvalue weighted by atomic mass is 10.1. The lowest BCUT2D eigenvalue weighted by Crippen LogP contribution is -2.62. The second kappa shape index (κ2) is 5.01. The van der Waals surface area contributed by atoms with E-state index in [0.717, 1.165) is 0 Å². The molecule has 1 rings (SSSR count). The van der Waals surface area contributed by atoms with Crippen molar-refractivity contribution in [3.63, 3.8) is 0 Å². The summed E-state index contributed by atoms with van der Waals surface area (Å²) in [5.74, 6) is -0.817. The molecule has 0 bridgehead atoms. The molecular formula is C8H13N3O3S. The Morgan fingerprint density at radius 2 is 1.80 bits per heavy atom. The summed E-state index contributed by atoms with van der Waals surface area (Å²) < 4.78 is 0. The van der Waals surface area contributed by atoms with Crippen molar-refractivity contribution < 1.29 is 14.4 Å². The number of hydrogen-bond donors (Lipinski definition) is 4. The van der Waals surface area contributed by atoms with Gasteiger partial charge in [-0.3, -0.25) is 14.4 Å². The number of amides is 3. The number of rotatable bonds is 4. The SMILES string of the molecule is NC(=O)CCC1NC(=O)[C@H](CS)NC1=O. The first kappa shape index (κ1) is 11.8. The van der Waals surface area contributed by atoms with Crippen molar-refractivity contribution in [2.75, 3.05) is 5.75 Å². The van der Waals surface area contributed by atoms with Crippen molar-refractivity contribution in [2.45, 2.75) is 24.9 Å². The molecule has 4 N–H and O–H groups in total. The lowest BCUT2D eigenvalue weighted by molar-refractivity contribution is -0.136. The predicted octanol–water partition coefficient (Wildman–Crippen LogP) is -1.84. The minimum Gasteiger partial charge on any atom is -0.370 e. The van der Waals surface area contributed by atoms with E-state index in [1.165, 1.54) is 0 Å². The second-order valence-electron chi connectivity index (χ2n) is 3.31. The van der Waals surface area contributed by atoms with E-state index >= 15 is 0 Å². The average molecular weight is 231 g/mol. The monoisotopic (exact) mass is 231 g/mol. The Kier molecular flexibility index (Phi) is 3.96. The molecule has 0 aromatic rings. The number of thiol groups is 1. The molecule has 1 saturated heterocycles. The van der Waals surface area contributed by atoms with E-state index in [-0.39, 0.29) is 30.4 Å². The molecular weight excluding hydrogens is 218 g/mol. The number of primary amides is 1. The van der Waals surface area contributed by atoms with Crippen LogP contribution in [0.25, 0.3) is 0 Å². The highest BCUT2D eigenvalue weighted by Gasteiger charge is 2.32. The maximum atomic E-state index is 11.4. The number of nitrogens with one attached hydrogen (secondary N) is 2. The molecule has 0 spiro atoms. The van der Waals surface area contributed by atoms with Crippen LogP contribution in [-0.4, -0.2) is 35.6 Å². The summed E-state index contributed by atoms with van der Waals surface area (Å²) in [5.41, 5.74) is 4.95. The predicted molar refractivity (Wildman–Crippen MR) is 56.1 cm³/mol. The van der Waals surface area contributed by atoms with Crippen LogP contribution < -0.4 is 16.4 Å². The van der Waals surface area contributed by atoms with E-state index in [0.29, 0.717) is 0 Å². The molecule has 0 saturated carbocycles. The van der Waals surface area contributed by atoms with E-state index in [4.69, 9.17) is 5.73 Å². The molecule has 0 aromatic carbocycles. The standard InChI is InChI=1S/C8H13N3O3S/c9-6(12)2-1-4-7(13)11-5(3-15)8(14)10-4/h4-5,15H,1-3H2,(H2,9,12)(H,10,14)(H,11,13)/t4?,5-/m0/s1. The summed E-state index contributed by atoms with van der Waals surface area (Å²) in [4.78, 5) is 33.3. The number of carbonyl (C=O) groups is 3. The smallest absolute Gasteiger partial charge is 0.244 e. The number of hydrogen-bond acceptors (Lipinski definition) is 4. The third kappa shape index (κ3) is 3.12. The van der Waals surface area contributed by atoms with Gasteiger partial charge in [0.2, 0.25) is 17.7 Å². The van der Waals surface area contributed by atoms with Gasteiger partial charge in [0.05, 0.1) is 0 Å². The minimum atomic E-state index is -0.666. The van der Waals surface area contributed by atoms with Gasteiger partial charge in [-0.1, -0.05) is 0 Å². The fraction of sp³-hybridized carbons (Fsp3) is 0.625. The Morgan fingerprint density at radius 1 is 1.27 bits per heavy atom. The van der Waals surface area contributed by atoms with Gasteiger partial charge in [-0.15, -0.1) is 0 Å². The van der Waals surface area contributed by atoms with Crippen molar-refractivity contribution in [1.29, 1.82) is 0 Å². The Hall–Kier alpha value is -1.24. The minimum absolute atomic E-state index is 0.0733. The van der Waals surface area contributed by atoms with Crippen LogP contribution in [0.1, 0.15) is 12.8 Å². The van der Waals surface area contributed by atoms with Gasteiger partial charge in [0.25, 0.3) is 0 Å². The zero-order valence-corrected chi connectivity index (χ0v) is 8.92. The fourth-order valence-electron chi connectivity index (χ4n) is 1.29. The maximum Gasteiger partial charge on any atom is 0.244 e. The largest absolute Gasteiger partial charge is 0.370 e. The van der Waals surface area contributed by atoms with Crippen molar-refractivity contribution in [3.05, 3.63) is 0 Å². The zero-order chi connectivity index (χ0) is 11.4. The molecule has 1 unspecified atom stereocenters. The topological polar surface area (TPSA) is 101 Å². The average Bonchev–Trinajstić information content (AvgIpc) is 2.18. The molecule has 1 aliphatic heterocycles. The molecule has 1 fully saturated rings. The fourth-order valence-corrected chi connectivity index (χ4v) is 1.55. The van der Waals surface area contributed by atoms with Crippen molar-refractivity contribution in [2.24, 2.45) is 5.73 Å². The maximum absolute atomic E-state index is 11.4. The number of carbonyl (C=O) groups excluding carboxylic acids is 3. The highest BCUT2D eigenvalue weighted by molar-refractivity contribution is 7.80. The first-order valence-corrected chi connectivity index (χ1v) is 5.17. The Morgan fingerprint density at radius 3 is 2.33 bits per heavy atom. The molecule has 6 nitrogen and oxygen atoms in total. The van der Waals surface area contributed by atoms with Gasteiger partial charge in [-0.25, -0.2) is 0 Å². The summed E-state index contributed by atoms with van der Waals surface area (Å²) in [5, 5.41) is 5.03. The molecule has 84 valence electrons. The van der Waals surface area contributed by atoms with Crippen molar-refractivity contribution >= 4 is 30.4 Å². The normalized spacial score (nSPS) is 25.7. The van der Waals surface area contributed by atoms with E-state index in [1.807, 2.05) is 0 Å². The number of nitrogens with two attached hydrogens (primary N) is 1. The van der Waals surface area contributed by atoms with Crippen LogP contribution >= 0.6 is 12.6 Å².